The molecule has 1 atom stereocenters. The van der Waals surface area contributed by atoms with Gasteiger partial charge in [-0.1, -0.05) is 81.5 Å². The molecule has 0 aromatic heterocycles. The maximum Gasteiger partial charge on any atom is 0.224 e. The minimum Gasteiger partial charge on any atom is -0.369 e. The highest BCUT2D eigenvalue weighted by Crippen LogP contribution is 2.27. The van der Waals surface area contributed by atoms with Gasteiger partial charge in [0.05, 0.1) is 5.92 Å². The monoisotopic (exact) mass is 341 g/mol. The molecule has 0 bridgehead atoms. The molecule has 134 valence electrons. The fourth-order valence-electron chi connectivity index (χ4n) is 3.26. The minimum atomic E-state index is -0.616. The summed E-state index contributed by atoms with van der Waals surface area (Å²) >= 11 is 0. The Morgan fingerprint density at radius 3 is 2.24 bits per heavy atom. The maximum atomic E-state index is 13.9. The van der Waals surface area contributed by atoms with E-state index in [2.05, 4.69) is 6.92 Å². The summed E-state index contributed by atoms with van der Waals surface area (Å²) in [6, 6.07) is 14.4. The van der Waals surface area contributed by atoms with Crippen molar-refractivity contribution in [1.82, 2.24) is 0 Å². The predicted molar refractivity (Wildman–Crippen MR) is 102 cm³/mol. The van der Waals surface area contributed by atoms with Crippen LogP contribution in [0.3, 0.4) is 0 Å². The lowest BCUT2D eigenvalue weighted by Crippen LogP contribution is -2.19. The van der Waals surface area contributed by atoms with E-state index in [1.807, 2.05) is 30.3 Å². The van der Waals surface area contributed by atoms with Crippen LogP contribution in [0.4, 0.5) is 4.39 Å². The molecule has 1 unspecified atom stereocenters. The Bertz CT molecular complexity index is 678. The Morgan fingerprint density at radius 2 is 1.76 bits per heavy atom. The van der Waals surface area contributed by atoms with Crippen molar-refractivity contribution in [2.75, 3.05) is 0 Å². The van der Waals surface area contributed by atoms with Crippen molar-refractivity contribution in [2.45, 2.75) is 51.9 Å². The number of nitrogens with two attached hydrogens (primary N) is 1. The molecule has 1 amide bonds. The van der Waals surface area contributed by atoms with E-state index in [1.165, 1.54) is 38.2 Å². The second kappa shape index (κ2) is 9.36. The molecule has 2 N–H and O–H groups in total. The Morgan fingerprint density at radius 1 is 1.12 bits per heavy atom. The highest BCUT2D eigenvalue weighted by molar-refractivity contribution is 5.81. The van der Waals surface area contributed by atoms with Gasteiger partial charge >= 0.3 is 0 Å². The molecule has 0 spiro atoms. The summed E-state index contributed by atoms with van der Waals surface area (Å²) in [4.78, 5) is 11.1. The summed E-state index contributed by atoms with van der Waals surface area (Å²) in [7, 11) is 0. The minimum absolute atomic E-state index is 0.335. The quantitative estimate of drug-likeness (QED) is 0.765. The number of benzene rings is 2. The summed E-state index contributed by atoms with van der Waals surface area (Å²) in [5.74, 6) is -0.446. The van der Waals surface area contributed by atoms with Gasteiger partial charge in [-0.3, -0.25) is 4.79 Å². The van der Waals surface area contributed by atoms with Crippen molar-refractivity contribution in [3.63, 3.8) is 0 Å². The summed E-state index contributed by atoms with van der Waals surface area (Å²) < 4.78 is 13.9. The van der Waals surface area contributed by atoms with Gasteiger partial charge in [0.2, 0.25) is 5.91 Å². The average Bonchev–Trinajstić information content (AvgIpc) is 3.16. The third kappa shape index (κ3) is 5.42. The molecule has 1 aliphatic rings. The van der Waals surface area contributed by atoms with Crippen molar-refractivity contribution in [3.05, 3.63) is 59.9 Å². The molecule has 2 nitrogen and oxygen atoms in total. The first-order valence-electron chi connectivity index (χ1n) is 9.17. The summed E-state index contributed by atoms with van der Waals surface area (Å²) in [5.41, 5.74) is 7.24. The highest BCUT2D eigenvalue weighted by atomic mass is 19.1. The molecule has 1 fully saturated rings. The Labute approximate surface area is 150 Å². The molecule has 1 saturated carbocycles. The molecule has 3 rings (SSSR count). The molecule has 0 aliphatic heterocycles. The first-order valence-corrected chi connectivity index (χ1v) is 9.17. The van der Waals surface area contributed by atoms with Crippen LogP contribution in [0.25, 0.3) is 11.1 Å². The highest BCUT2D eigenvalue weighted by Gasteiger charge is 2.16. The number of primary amides is 1. The van der Waals surface area contributed by atoms with Crippen LogP contribution in [0.15, 0.2) is 48.5 Å². The number of carbonyl (C=O) groups is 1. The molecule has 1 aliphatic carbocycles. The number of hydrogen-bond acceptors (Lipinski definition) is 1. The zero-order chi connectivity index (χ0) is 18.2. The van der Waals surface area contributed by atoms with E-state index in [4.69, 9.17) is 5.73 Å². The lowest BCUT2D eigenvalue weighted by atomic mass is 9.96. The first-order chi connectivity index (χ1) is 12.0. The molecule has 0 heterocycles. The SMILES string of the molecule is CC(C(N)=O)c1ccc(-c2ccccc2)cc1F.CCC1CCCC1. The summed E-state index contributed by atoms with van der Waals surface area (Å²) in [5, 5.41) is 0. The second-order valence-electron chi connectivity index (χ2n) is 6.79. The van der Waals surface area contributed by atoms with Gasteiger partial charge in [-0.25, -0.2) is 4.39 Å². The fraction of sp³-hybridized carbons (Fsp3) is 0.409. The Kier molecular flexibility index (Phi) is 7.17. The van der Waals surface area contributed by atoms with Crippen molar-refractivity contribution < 1.29 is 9.18 Å². The van der Waals surface area contributed by atoms with Crippen LogP contribution in [0.5, 0.6) is 0 Å². The van der Waals surface area contributed by atoms with Crippen LogP contribution in [0.2, 0.25) is 0 Å². The van der Waals surface area contributed by atoms with E-state index in [9.17, 15) is 9.18 Å². The first kappa shape index (κ1) is 19.2. The fourth-order valence-corrected chi connectivity index (χ4v) is 3.26. The lowest BCUT2D eigenvalue weighted by molar-refractivity contribution is -0.119. The predicted octanol–water partition coefficient (Wildman–Crippen LogP) is 5.67. The van der Waals surface area contributed by atoms with Gasteiger partial charge < -0.3 is 5.73 Å². The third-order valence-electron chi connectivity index (χ3n) is 5.05. The molecular formula is C22H28FNO. The Balaban J connectivity index is 0.000000269. The van der Waals surface area contributed by atoms with E-state index in [0.29, 0.717) is 5.56 Å². The molecule has 0 saturated heterocycles. The average molecular weight is 341 g/mol. The summed E-state index contributed by atoms with van der Waals surface area (Å²) in [6.07, 6.45) is 7.43. The van der Waals surface area contributed by atoms with Gasteiger partial charge in [-0.15, -0.1) is 0 Å². The zero-order valence-corrected chi connectivity index (χ0v) is 15.2. The van der Waals surface area contributed by atoms with Crippen LogP contribution in [-0.4, -0.2) is 5.91 Å². The van der Waals surface area contributed by atoms with Gasteiger partial charge in [0.1, 0.15) is 5.82 Å². The Hall–Kier alpha value is -2.16. The number of carbonyl (C=O) groups excluding carboxylic acids is 1. The third-order valence-corrected chi connectivity index (χ3v) is 5.05. The smallest absolute Gasteiger partial charge is 0.224 e. The number of hydrogen-bond donors (Lipinski definition) is 1. The van der Waals surface area contributed by atoms with Gasteiger partial charge in [-0.05, 0) is 35.6 Å². The van der Waals surface area contributed by atoms with Gasteiger partial charge in [0.15, 0.2) is 0 Å². The van der Waals surface area contributed by atoms with Crippen molar-refractivity contribution >= 4 is 5.91 Å². The molecule has 25 heavy (non-hydrogen) atoms. The largest absolute Gasteiger partial charge is 0.369 e. The second-order valence-corrected chi connectivity index (χ2v) is 6.79. The van der Waals surface area contributed by atoms with E-state index in [1.54, 1.807) is 19.1 Å². The van der Waals surface area contributed by atoms with E-state index in [0.717, 1.165) is 17.0 Å². The van der Waals surface area contributed by atoms with Gasteiger partial charge in [0.25, 0.3) is 0 Å². The molecule has 3 heteroatoms. The van der Waals surface area contributed by atoms with Gasteiger partial charge in [-0.2, -0.15) is 0 Å². The van der Waals surface area contributed by atoms with E-state index < -0.39 is 17.6 Å². The van der Waals surface area contributed by atoms with Crippen LogP contribution >= 0.6 is 0 Å². The van der Waals surface area contributed by atoms with Crippen LogP contribution in [-0.2, 0) is 4.79 Å². The van der Waals surface area contributed by atoms with Gasteiger partial charge in [0, 0.05) is 0 Å². The van der Waals surface area contributed by atoms with Crippen LogP contribution in [0.1, 0.15) is 57.4 Å². The number of amides is 1. The topological polar surface area (TPSA) is 43.1 Å². The van der Waals surface area contributed by atoms with Crippen LogP contribution in [0, 0.1) is 11.7 Å². The molecule has 2 aromatic rings. The molecule has 2 aromatic carbocycles. The number of rotatable bonds is 4. The van der Waals surface area contributed by atoms with Crippen molar-refractivity contribution in [1.29, 1.82) is 0 Å². The van der Waals surface area contributed by atoms with E-state index >= 15 is 0 Å². The lowest BCUT2D eigenvalue weighted by Gasteiger charge is -2.10. The number of halogens is 1. The van der Waals surface area contributed by atoms with Crippen LogP contribution < -0.4 is 5.73 Å². The zero-order valence-electron chi connectivity index (χ0n) is 15.2. The normalized spacial score (nSPS) is 15.3. The summed E-state index contributed by atoms with van der Waals surface area (Å²) in [6.45, 7) is 3.90. The molecular weight excluding hydrogens is 313 g/mol. The molecule has 0 radical (unpaired) electrons. The van der Waals surface area contributed by atoms with E-state index in [-0.39, 0.29) is 0 Å². The standard InChI is InChI=1S/C15H14FNO.C7H14/c1-10(15(17)18)13-8-7-12(9-14(13)16)11-5-3-2-4-6-11;1-2-7-5-3-4-6-7/h2-10H,1H3,(H2,17,18);7H,2-6H2,1H3. The van der Waals surface area contributed by atoms with Crippen molar-refractivity contribution in [3.8, 4) is 11.1 Å². The maximum absolute atomic E-state index is 13.9. The van der Waals surface area contributed by atoms with Crippen molar-refractivity contribution in [2.24, 2.45) is 11.7 Å².